The van der Waals surface area contributed by atoms with Crippen molar-refractivity contribution >= 4 is 5.91 Å². The van der Waals surface area contributed by atoms with E-state index in [1.807, 2.05) is 35.2 Å². The highest BCUT2D eigenvalue weighted by Crippen LogP contribution is 2.18. The van der Waals surface area contributed by atoms with E-state index in [2.05, 4.69) is 20.3 Å². The minimum Gasteiger partial charge on any atom is -0.339 e. The Hall–Kier alpha value is -2.96. The summed E-state index contributed by atoms with van der Waals surface area (Å²) in [5, 5.41) is 11.0. The highest BCUT2D eigenvalue weighted by molar-refractivity contribution is 5.76. The lowest BCUT2D eigenvalue weighted by Crippen LogP contribution is -2.35. The van der Waals surface area contributed by atoms with Crippen molar-refractivity contribution in [2.75, 3.05) is 6.54 Å². The van der Waals surface area contributed by atoms with Crippen LogP contribution < -0.4 is 0 Å². The van der Waals surface area contributed by atoms with Gasteiger partial charge in [-0.25, -0.2) is 0 Å². The number of amides is 1. The third-order valence-corrected chi connectivity index (χ3v) is 4.21. The van der Waals surface area contributed by atoms with Crippen molar-refractivity contribution in [3.05, 3.63) is 53.7 Å². The molecule has 1 aliphatic rings. The summed E-state index contributed by atoms with van der Waals surface area (Å²) in [4.78, 5) is 18.6. The number of carbonyl (C=O) groups excluding carboxylic acids is 1. The number of aromatic nitrogens is 4. The fraction of sp³-hybridized carbons (Fsp3) is 0.294. The van der Waals surface area contributed by atoms with Crippen molar-refractivity contribution in [1.29, 1.82) is 0 Å². The molecule has 7 nitrogen and oxygen atoms in total. The molecule has 4 rings (SSSR count). The highest BCUT2D eigenvalue weighted by atomic mass is 16.5. The van der Waals surface area contributed by atoms with Crippen LogP contribution in [0.3, 0.4) is 0 Å². The first-order valence-electron chi connectivity index (χ1n) is 7.96. The van der Waals surface area contributed by atoms with Gasteiger partial charge in [0.1, 0.15) is 0 Å². The van der Waals surface area contributed by atoms with Gasteiger partial charge in [-0.1, -0.05) is 35.5 Å². The van der Waals surface area contributed by atoms with Crippen molar-refractivity contribution in [3.63, 3.8) is 0 Å². The van der Waals surface area contributed by atoms with Crippen LogP contribution >= 0.6 is 0 Å². The number of aromatic amines is 1. The van der Waals surface area contributed by atoms with E-state index in [-0.39, 0.29) is 5.91 Å². The molecule has 0 aliphatic carbocycles. The Morgan fingerprint density at radius 2 is 2.17 bits per heavy atom. The zero-order chi connectivity index (χ0) is 16.4. The highest BCUT2D eigenvalue weighted by Gasteiger charge is 2.22. The number of fused-ring (bicyclic) bond motifs is 1. The lowest BCUT2D eigenvalue weighted by Gasteiger charge is -2.26. The Labute approximate surface area is 138 Å². The third-order valence-electron chi connectivity index (χ3n) is 4.21. The molecular weight excluding hydrogens is 306 g/mol. The molecule has 7 heteroatoms. The Morgan fingerprint density at radius 3 is 3.04 bits per heavy atom. The van der Waals surface area contributed by atoms with Crippen molar-refractivity contribution in [1.82, 2.24) is 25.2 Å². The van der Waals surface area contributed by atoms with E-state index in [1.54, 1.807) is 6.20 Å². The van der Waals surface area contributed by atoms with Gasteiger partial charge in [-0.2, -0.15) is 10.1 Å². The first-order chi connectivity index (χ1) is 11.8. The zero-order valence-electron chi connectivity index (χ0n) is 13.1. The van der Waals surface area contributed by atoms with Gasteiger partial charge in [-0.05, 0) is 0 Å². The summed E-state index contributed by atoms with van der Waals surface area (Å²) in [7, 11) is 0. The van der Waals surface area contributed by atoms with E-state index < -0.39 is 0 Å². The molecular formula is C17H17N5O2. The number of nitrogens with one attached hydrogen (secondary N) is 1. The maximum absolute atomic E-state index is 12.4. The van der Waals surface area contributed by atoms with Crippen molar-refractivity contribution in [2.24, 2.45) is 0 Å². The molecule has 0 atom stereocenters. The topological polar surface area (TPSA) is 87.9 Å². The van der Waals surface area contributed by atoms with E-state index in [1.165, 1.54) is 0 Å². The first kappa shape index (κ1) is 14.6. The van der Waals surface area contributed by atoms with Gasteiger partial charge in [0.05, 0.1) is 6.20 Å². The fourth-order valence-corrected chi connectivity index (χ4v) is 2.87. The predicted molar refractivity (Wildman–Crippen MR) is 85.8 cm³/mol. The van der Waals surface area contributed by atoms with Crippen LogP contribution in [-0.2, 0) is 24.2 Å². The smallest absolute Gasteiger partial charge is 0.227 e. The summed E-state index contributed by atoms with van der Waals surface area (Å²) in [5.41, 5.74) is 3.13. The van der Waals surface area contributed by atoms with Crippen LogP contribution in [0, 0.1) is 0 Å². The number of hydrogen-bond acceptors (Lipinski definition) is 5. The molecule has 3 aromatic rings. The Balaban J connectivity index is 1.36. The van der Waals surface area contributed by atoms with E-state index in [4.69, 9.17) is 4.52 Å². The molecule has 3 heterocycles. The van der Waals surface area contributed by atoms with E-state index >= 15 is 0 Å². The Kier molecular flexibility index (Phi) is 3.82. The Morgan fingerprint density at radius 1 is 1.29 bits per heavy atom. The van der Waals surface area contributed by atoms with E-state index in [0.29, 0.717) is 37.6 Å². The van der Waals surface area contributed by atoms with Crippen LogP contribution in [0.4, 0.5) is 0 Å². The lowest BCUT2D eigenvalue weighted by molar-refractivity contribution is -0.132. The number of benzene rings is 1. The minimum absolute atomic E-state index is 0.0984. The summed E-state index contributed by atoms with van der Waals surface area (Å²) in [6, 6.07) is 9.64. The number of H-pyrrole nitrogens is 1. The molecule has 0 saturated carbocycles. The molecule has 122 valence electrons. The van der Waals surface area contributed by atoms with Gasteiger partial charge in [0.15, 0.2) is 0 Å². The number of carbonyl (C=O) groups is 1. The molecule has 2 aromatic heterocycles. The van der Waals surface area contributed by atoms with Crippen LogP contribution in [0.1, 0.15) is 23.6 Å². The third kappa shape index (κ3) is 2.92. The maximum atomic E-state index is 12.4. The summed E-state index contributed by atoms with van der Waals surface area (Å²) >= 11 is 0. The van der Waals surface area contributed by atoms with Crippen molar-refractivity contribution in [2.45, 2.75) is 25.8 Å². The SMILES string of the molecule is O=C(CCc1nc(-c2ccccc2)no1)N1CCc2[nH]ncc2C1. The van der Waals surface area contributed by atoms with Gasteiger partial charge in [-0.15, -0.1) is 0 Å². The second kappa shape index (κ2) is 6.27. The van der Waals surface area contributed by atoms with Crippen LogP contribution in [-0.4, -0.2) is 37.7 Å². The van der Waals surface area contributed by atoms with Gasteiger partial charge >= 0.3 is 0 Å². The number of hydrogen-bond donors (Lipinski definition) is 1. The second-order valence-corrected chi connectivity index (χ2v) is 5.82. The molecule has 1 aromatic carbocycles. The van der Waals surface area contributed by atoms with Crippen LogP contribution in [0.2, 0.25) is 0 Å². The predicted octanol–water partition coefficient (Wildman–Crippen LogP) is 1.98. The van der Waals surface area contributed by atoms with Crippen molar-refractivity contribution in [3.8, 4) is 11.4 Å². The van der Waals surface area contributed by atoms with Gasteiger partial charge in [0.2, 0.25) is 17.6 Å². The fourth-order valence-electron chi connectivity index (χ4n) is 2.87. The van der Waals surface area contributed by atoms with Crippen LogP contribution in [0.5, 0.6) is 0 Å². The van der Waals surface area contributed by atoms with Crippen LogP contribution in [0.15, 0.2) is 41.1 Å². The average Bonchev–Trinajstić information content (AvgIpc) is 3.29. The monoisotopic (exact) mass is 323 g/mol. The summed E-state index contributed by atoms with van der Waals surface area (Å²) in [6.45, 7) is 1.33. The minimum atomic E-state index is 0.0984. The molecule has 0 fully saturated rings. The maximum Gasteiger partial charge on any atom is 0.227 e. The molecule has 0 saturated heterocycles. The molecule has 0 unspecified atom stereocenters. The molecule has 1 aliphatic heterocycles. The van der Waals surface area contributed by atoms with Crippen LogP contribution in [0.25, 0.3) is 11.4 Å². The molecule has 24 heavy (non-hydrogen) atoms. The largest absolute Gasteiger partial charge is 0.339 e. The van der Waals surface area contributed by atoms with Crippen molar-refractivity contribution < 1.29 is 9.32 Å². The van der Waals surface area contributed by atoms with Gasteiger partial charge in [0, 0.05) is 49.2 Å². The van der Waals surface area contributed by atoms with Gasteiger partial charge < -0.3 is 9.42 Å². The molecule has 1 N–H and O–H groups in total. The van der Waals surface area contributed by atoms with Gasteiger partial charge in [0.25, 0.3) is 0 Å². The second-order valence-electron chi connectivity index (χ2n) is 5.82. The average molecular weight is 323 g/mol. The number of aryl methyl sites for hydroxylation is 1. The molecule has 0 spiro atoms. The normalized spacial score (nSPS) is 13.8. The van der Waals surface area contributed by atoms with Gasteiger partial charge in [-0.3, -0.25) is 9.89 Å². The molecule has 0 radical (unpaired) electrons. The zero-order valence-corrected chi connectivity index (χ0v) is 13.1. The van der Waals surface area contributed by atoms with E-state index in [0.717, 1.165) is 23.2 Å². The Bertz CT molecular complexity index is 840. The lowest BCUT2D eigenvalue weighted by atomic mass is 10.1. The number of rotatable bonds is 4. The standard InChI is InChI=1S/C17H17N5O2/c23-16(22-9-8-14-13(11-22)10-18-20-14)7-6-15-19-17(21-24-15)12-4-2-1-3-5-12/h1-5,10H,6-9,11H2,(H,18,20). The molecule has 1 amide bonds. The number of nitrogens with zero attached hydrogens (tertiary/aromatic N) is 4. The summed E-state index contributed by atoms with van der Waals surface area (Å²) < 4.78 is 5.25. The quantitative estimate of drug-likeness (QED) is 0.793. The summed E-state index contributed by atoms with van der Waals surface area (Å²) in [6.07, 6.45) is 3.43. The van der Waals surface area contributed by atoms with E-state index in [9.17, 15) is 4.79 Å². The molecule has 0 bridgehead atoms. The summed E-state index contributed by atoms with van der Waals surface area (Å²) in [5.74, 6) is 1.14. The first-order valence-corrected chi connectivity index (χ1v) is 7.96.